The van der Waals surface area contributed by atoms with Crippen molar-refractivity contribution < 1.29 is 0 Å². The second-order valence-corrected chi connectivity index (χ2v) is 6.81. The molecule has 96 valence electrons. The molecule has 1 N–H and O–H groups in total. The molecule has 0 aliphatic rings. The van der Waals surface area contributed by atoms with Crippen molar-refractivity contribution in [2.24, 2.45) is 0 Å². The first kappa shape index (κ1) is 14.4. The molecule has 0 saturated carbocycles. The zero-order valence-electron chi connectivity index (χ0n) is 9.71. The van der Waals surface area contributed by atoms with Crippen LogP contribution in [0.5, 0.6) is 0 Å². The van der Waals surface area contributed by atoms with Crippen LogP contribution in [0.25, 0.3) is 0 Å². The van der Waals surface area contributed by atoms with E-state index in [1.807, 2.05) is 24.3 Å². The average Bonchev–Trinajstić information content (AvgIpc) is 2.76. The van der Waals surface area contributed by atoms with Crippen molar-refractivity contribution in [3.63, 3.8) is 0 Å². The Bertz CT molecular complexity index is 542. The number of hydrogen-bond acceptors (Lipinski definition) is 2. The lowest BCUT2D eigenvalue weighted by Crippen LogP contribution is -2.21. The smallest absolute Gasteiger partial charge is 0.0931 e. The largest absolute Gasteiger partial charge is 0.306 e. The zero-order chi connectivity index (χ0) is 13.1. The molecule has 0 radical (unpaired) electrons. The van der Waals surface area contributed by atoms with Gasteiger partial charge in [-0.1, -0.05) is 36.2 Å². The Kier molecular flexibility index (Phi) is 5.10. The van der Waals surface area contributed by atoms with Crippen molar-refractivity contribution in [1.82, 2.24) is 5.32 Å². The molecule has 1 atom stereocenters. The van der Waals surface area contributed by atoms with E-state index in [1.54, 1.807) is 11.3 Å². The summed E-state index contributed by atoms with van der Waals surface area (Å²) in [6, 6.07) is 10.1. The molecule has 2 aromatic rings. The van der Waals surface area contributed by atoms with Gasteiger partial charge in [-0.2, -0.15) is 0 Å². The lowest BCUT2D eigenvalue weighted by atomic mass is 10.1. The van der Waals surface area contributed by atoms with Crippen LogP contribution in [0, 0.1) is 0 Å². The van der Waals surface area contributed by atoms with Gasteiger partial charge in [-0.15, -0.1) is 11.3 Å². The summed E-state index contributed by atoms with van der Waals surface area (Å²) in [5, 5.41) is 4.18. The second-order valence-electron chi connectivity index (χ2n) is 3.81. The molecule has 0 fully saturated rings. The number of hydrogen-bond donors (Lipinski definition) is 1. The third-order valence-corrected chi connectivity index (χ3v) is 5.07. The molecule has 0 spiro atoms. The molecule has 5 heteroatoms. The monoisotopic (exact) mass is 363 g/mol. The highest BCUT2D eigenvalue weighted by Crippen LogP contribution is 2.33. The molecule has 1 heterocycles. The summed E-state index contributed by atoms with van der Waals surface area (Å²) in [6.45, 7) is 2.98. The Morgan fingerprint density at radius 1 is 1.28 bits per heavy atom. The molecule has 1 aromatic carbocycles. The number of rotatable bonds is 4. The standard InChI is InChI=1S/C13H12BrCl2NS/c1-2-17-13(11-5-6-12(16)18-11)8-3-4-10(15)9(14)7-8/h3-7,13,17H,2H2,1H3. The van der Waals surface area contributed by atoms with Crippen LogP contribution >= 0.6 is 50.5 Å². The molecular formula is C13H12BrCl2NS. The minimum absolute atomic E-state index is 0.154. The van der Waals surface area contributed by atoms with Crippen LogP contribution < -0.4 is 5.32 Å². The zero-order valence-corrected chi connectivity index (χ0v) is 13.6. The quantitative estimate of drug-likeness (QED) is 0.753. The van der Waals surface area contributed by atoms with Gasteiger partial charge in [0.1, 0.15) is 0 Å². The van der Waals surface area contributed by atoms with Crippen molar-refractivity contribution in [2.45, 2.75) is 13.0 Å². The highest BCUT2D eigenvalue weighted by molar-refractivity contribution is 9.10. The molecule has 2 rings (SSSR count). The summed E-state index contributed by atoms with van der Waals surface area (Å²) >= 11 is 17.1. The molecular weight excluding hydrogens is 353 g/mol. The number of nitrogens with one attached hydrogen (secondary N) is 1. The molecule has 0 aliphatic carbocycles. The first-order chi connectivity index (χ1) is 8.61. The van der Waals surface area contributed by atoms with E-state index in [2.05, 4.69) is 34.2 Å². The van der Waals surface area contributed by atoms with Crippen molar-refractivity contribution in [1.29, 1.82) is 0 Å². The van der Waals surface area contributed by atoms with E-state index in [-0.39, 0.29) is 6.04 Å². The predicted octanol–water partition coefficient (Wildman–Crippen LogP) is 5.52. The Morgan fingerprint density at radius 3 is 2.61 bits per heavy atom. The number of thiophene rings is 1. The first-order valence-electron chi connectivity index (χ1n) is 5.55. The first-order valence-corrected chi connectivity index (χ1v) is 7.92. The van der Waals surface area contributed by atoms with Crippen LogP contribution in [0.15, 0.2) is 34.8 Å². The fourth-order valence-corrected chi connectivity index (χ4v) is 3.44. The lowest BCUT2D eigenvalue weighted by molar-refractivity contribution is 0.639. The van der Waals surface area contributed by atoms with E-state index in [1.165, 1.54) is 10.4 Å². The fraction of sp³-hybridized carbons (Fsp3) is 0.231. The van der Waals surface area contributed by atoms with Gasteiger partial charge < -0.3 is 5.32 Å². The summed E-state index contributed by atoms with van der Waals surface area (Å²) in [5.41, 5.74) is 1.17. The number of halogens is 3. The van der Waals surface area contributed by atoms with Gasteiger partial charge in [0.15, 0.2) is 0 Å². The third kappa shape index (κ3) is 3.28. The van der Waals surface area contributed by atoms with E-state index in [4.69, 9.17) is 23.2 Å². The molecule has 0 aliphatic heterocycles. The topological polar surface area (TPSA) is 12.0 Å². The van der Waals surface area contributed by atoms with Crippen LogP contribution in [-0.2, 0) is 0 Å². The fourth-order valence-electron chi connectivity index (χ4n) is 1.76. The van der Waals surface area contributed by atoms with Crippen LogP contribution in [0.3, 0.4) is 0 Å². The Labute approximate surface area is 129 Å². The minimum Gasteiger partial charge on any atom is -0.306 e. The highest BCUT2D eigenvalue weighted by Gasteiger charge is 2.16. The SMILES string of the molecule is CCNC(c1ccc(Cl)c(Br)c1)c1ccc(Cl)s1. The van der Waals surface area contributed by atoms with Crippen LogP contribution in [0.4, 0.5) is 0 Å². The summed E-state index contributed by atoms with van der Waals surface area (Å²) in [6.07, 6.45) is 0. The van der Waals surface area contributed by atoms with Crippen molar-refractivity contribution in [2.75, 3.05) is 6.54 Å². The molecule has 0 bridgehead atoms. The van der Waals surface area contributed by atoms with Gasteiger partial charge in [0.25, 0.3) is 0 Å². The van der Waals surface area contributed by atoms with E-state index in [9.17, 15) is 0 Å². The van der Waals surface area contributed by atoms with Crippen LogP contribution in [-0.4, -0.2) is 6.54 Å². The Balaban J connectivity index is 2.37. The highest BCUT2D eigenvalue weighted by atomic mass is 79.9. The summed E-state index contributed by atoms with van der Waals surface area (Å²) < 4.78 is 1.72. The van der Waals surface area contributed by atoms with Crippen molar-refractivity contribution >= 4 is 50.5 Å². The van der Waals surface area contributed by atoms with E-state index < -0.39 is 0 Å². The van der Waals surface area contributed by atoms with Gasteiger partial charge in [0.2, 0.25) is 0 Å². The van der Waals surface area contributed by atoms with E-state index >= 15 is 0 Å². The Hall–Kier alpha value is -0.0600. The van der Waals surface area contributed by atoms with Gasteiger partial charge in [-0.05, 0) is 52.3 Å². The maximum Gasteiger partial charge on any atom is 0.0931 e. The van der Waals surface area contributed by atoms with E-state index in [0.29, 0.717) is 0 Å². The Morgan fingerprint density at radius 2 is 2.06 bits per heavy atom. The maximum absolute atomic E-state index is 6.03. The maximum atomic E-state index is 6.03. The summed E-state index contributed by atoms with van der Waals surface area (Å²) in [5.74, 6) is 0. The van der Waals surface area contributed by atoms with Gasteiger partial charge >= 0.3 is 0 Å². The lowest BCUT2D eigenvalue weighted by Gasteiger charge is -2.17. The molecule has 1 nitrogen and oxygen atoms in total. The van der Waals surface area contributed by atoms with Crippen LogP contribution in [0.2, 0.25) is 9.36 Å². The van der Waals surface area contributed by atoms with Crippen molar-refractivity contribution in [3.8, 4) is 0 Å². The minimum atomic E-state index is 0.154. The molecule has 0 saturated heterocycles. The summed E-state index contributed by atoms with van der Waals surface area (Å²) in [7, 11) is 0. The molecule has 18 heavy (non-hydrogen) atoms. The number of benzene rings is 1. The van der Waals surface area contributed by atoms with Gasteiger partial charge in [-0.25, -0.2) is 0 Å². The normalized spacial score (nSPS) is 12.7. The van der Waals surface area contributed by atoms with Gasteiger partial charge in [0, 0.05) is 9.35 Å². The summed E-state index contributed by atoms with van der Waals surface area (Å²) in [4.78, 5) is 1.20. The predicted molar refractivity (Wildman–Crippen MR) is 84.0 cm³/mol. The van der Waals surface area contributed by atoms with Gasteiger partial charge in [-0.3, -0.25) is 0 Å². The molecule has 1 unspecified atom stereocenters. The van der Waals surface area contributed by atoms with E-state index in [0.717, 1.165) is 20.4 Å². The van der Waals surface area contributed by atoms with Crippen molar-refractivity contribution in [3.05, 3.63) is 54.6 Å². The third-order valence-electron chi connectivity index (χ3n) is 2.56. The second kappa shape index (κ2) is 6.40. The molecule has 1 aromatic heterocycles. The average molecular weight is 365 g/mol. The van der Waals surface area contributed by atoms with Gasteiger partial charge in [0.05, 0.1) is 15.4 Å². The van der Waals surface area contributed by atoms with Crippen LogP contribution in [0.1, 0.15) is 23.4 Å². The molecule has 0 amide bonds.